The van der Waals surface area contributed by atoms with E-state index in [2.05, 4.69) is 9.89 Å². The predicted octanol–water partition coefficient (Wildman–Crippen LogP) is 2.62. The van der Waals surface area contributed by atoms with Gasteiger partial charge in [-0.3, -0.25) is 4.90 Å². The van der Waals surface area contributed by atoms with E-state index in [1.807, 2.05) is 0 Å². The van der Waals surface area contributed by atoms with Crippen LogP contribution < -0.4 is 11.5 Å². The zero-order chi connectivity index (χ0) is 14.7. The minimum atomic E-state index is 0.284. The van der Waals surface area contributed by atoms with E-state index in [0.717, 1.165) is 18.4 Å². The van der Waals surface area contributed by atoms with Crippen molar-refractivity contribution in [3.63, 3.8) is 0 Å². The van der Waals surface area contributed by atoms with Crippen molar-refractivity contribution in [2.75, 3.05) is 6.54 Å². The highest BCUT2D eigenvalue weighted by molar-refractivity contribution is 5.76. The molecule has 21 heavy (non-hydrogen) atoms. The fraction of sp³-hybridized carbons (Fsp3) is 0.941. The summed E-state index contributed by atoms with van der Waals surface area (Å²) in [4.78, 5) is 7.42. The average Bonchev–Trinajstić information content (AvgIpc) is 2.92. The van der Waals surface area contributed by atoms with Gasteiger partial charge < -0.3 is 11.5 Å². The molecular weight excluding hydrogens is 260 g/mol. The summed E-state index contributed by atoms with van der Waals surface area (Å²) < 4.78 is 0. The third kappa shape index (κ3) is 3.53. The number of rotatable bonds is 3. The third-order valence-corrected chi connectivity index (χ3v) is 5.95. The fourth-order valence-electron chi connectivity index (χ4n) is 5.05. The normalized spacial score (nSPS) is 33.1. The van der Waals surface area contributed by atoms with Crippen LogP contribution >= 0.6 is 0 Å². The smallest absolute Gasteiger partial charge is 0.186 e. The van der Waals surface area contributed by atoms with E-state index in [9.17, 15) is 0 Å². The molecule has 2 atom stereocenters. The van der Waals surface area contributed by atoms with Crippen molar-refractivity contribution in [2.45, 2.75) is 88.8 Å². The van der Waals surface area contributed by atoms with Gasteiger partial charge in [0, 0.05) is 18.6 Å². The van der Waals surface area contributed by atoms with Crippen LogP contribution in [0.3, 0.4) is 0 Å². The van der Waals surface area contributed by atoms with Crippen molar-refractivity contribution >= 4 is 5.96 Å². The highest BCUT2D eigenvalue weighted by Gasteiger charge is 2.42. The number of hydrogen-bond acceptors (Lipinski definition) is 2. The summed E-state index contributed by atoms with van der Waals surface area (Å²) in [5.41, 5.74) is 11.4. The Labute approximate surface area is 129 Å². The molecule has 4 N–H and O–H groups in total. The van der Waals surface area contributed by atoms with Crippen LogP contribution in [0.4, 0.5) is 0 Å². The Hall–Kier alpha value is -0.770. The van der Waals surface area contributed by atoms with Crippen molar-refractivity contribution in [1.82, 2.24) is 4.90 Å². The predicted molar refractivity (Wildman–Crippen MR) is 88.2 cm³/mol. The first-order chi connectivity index (χ1) is 10.3. The van der Waals surface area contributed by atoms with Crippen LogP contribution in [0.15, 0.2) is 4.99 Å². The number of likely N-dealkylation sites (tertiary alicyclic amines) is 1. The molecule has 4 nitrogen and oxygen atoms in total. The van der Waals surface area contributed by atoms with Gasteiger partial charge in [0.25, 0.3) is 0 Å². The molecule has 0 spiro atoms. The quantitative estimate of drug-likeness (QED) is 0.620. The lowest BCUT2D eigenvalue weighted by Crippen LogP contribution is -2.48. The molecule has 0 radical (unpaired) electrons. The number of aliphatic imine (C=N–C) groups is 1. The van der Waals surface area contributed by atoms with Crippen LogP contribution in [-0.4, -0.2) is 35.5 Å². The van der Waals surface area contributed by atoms with E-state index < -0.39 is 0 Å². The third-order valence-electron chi connectivity index (χ3n) is 5.95. The summed E-state index contributed by atoms with van der Waals surface area (Å²) in [6.07, 6.45) is 15.1. The summed E-state index contributed by atoms with van der Waals surface area (Å²) in [6.45, 7) is 1.20. The summed E-state index contributed by atoms with van der Waals surface area (Å²) in [5.74, 6) is 1.10. The summed E-state index contributed by atoms with van der Waals surface area (Å²) in [5, 5.41) is 0. The van der Waals surface area contributed by atoms with E-state index in [-0.39, 0.29) is 5.96 Å². The van der Waals surface area contributed by atoms with Crippen LogP contribution in [0, 0.1) is 5.92 Å². The molecule has 1 aliphatic heterocycles. The van der Waals surface area contributed by atoms with Crippen LogP contribution in [0.25, 0.3) is 0 Å². The molecular formula is C17H32N4. The second-order valence-electron chi connectivity index (χ2n) is 7.33. The second kappa shape index (κ2) is 6.99. The van der Waals surface area contributed by atoms with Gasteiger partial charge in [-0.2, -0.15) is 0 Å². The maximum absolute atomic E-state index is 5.70. The molecule has 1 heterocycles. The fourth-order valence-corrected chi connectivity index (χ4v) is 5.05. The van der Waals surface area contributed by atoms with E-state index >= 15 is 0 Å². The highest BCUT2D eigenvalue weighted by atomic mass is 15.2. The molecule has 120 valence electrons. The largest absolute Gasteiger partial charge is 0.370 e. The maximum atomic E-state index is 5.70. The van der Waals surface area contributed by atoms with Crippen LogP contribution in [0.1, 0.15) is 70.6 Å². The van der Waals surface area contributed by atoms with Gasteiger partial charge in [0.15, 0.2) is 5.96 Å². The van der Waals surface area contributed by atoms with Crippen molar-refractivity contribution in [3.8, 4) is 0 Å². The van der Waals surface area contributed by atoms with Crippen molar-refractivity contribution in [3.05, 3.63) is 0 Å². The lowest BCUT2D eigenvalue weighted by molar-refractivity contribution is 0.0856. The number of nitrogens with two attached hydrogens (primary N) is 2. The van der Waals surface area contributed by atoms with Gasteiger partial charge in [-0.15, -0.1) is 0 Å². The van der Waals surface area contributed by atoms with Gasteiger partial charge >= 0.3 is 0 Å². The molecule has 0 amide bonds. The Morgan fingerprint density at radius 1 is 0.810 bits per heavy atom. The molecule has 2 saturated carbocycles. The molecule has 1 saturated heterocycles. The number of guanidine groups is 1. The molecule has 0 aromatic heterocycles. The Morgan fingerprint density at radius 3 is 2.05 bits per heavy atom. The van der Waals surface area contributed by atoms with Gasteiger partial charge in [-0.05, 0) is 38.0 Å². The van der Waals surface area contributed by atoms with Crippen molar-refractivity contribution in [1.29, 1.82) is 0 Å². The average molecular weight is 292 g/mol. The summed E-state index contributed by atoms with van der Waals surface area (Å²) in [6, 6.07) is 1.75. The summed E-state index contributed by atoms with van der Waals surface area (Å²) in [7, 11) is 0. The topological polar surface area (TPSA) is 67.6 Å². The molecule has 3 fully saturated rings. The molecule has 0 bridgehead atoms. The zero-order valence-electron chi connectivity index (χ0n) is 13.3. The molecule has 4 heteroatoms. The number of nitrogens with zero attached hydrogens (tertiary/aromatic N) is 2. The minimum absolute atomic E-state index is 0.284. The molecule has 3 rings (SSSR count). The van der Waals surface area contributed by atoms with Gasteiger partial charge in [0.2, 0.25) is 0 Å². The van der Waals surface area contributed by atoms with Gasteiger partial charge in [-0.1, -0.05) is 38.5 Å². The lowest BCUT2D eigenvalue weighted by atomic mass is 9.80. The van der Waals surface area contributed by atoms with Gasteiger partial charge in [-0.25, -0.2) is 4.99 Å². The first-order valence-electron chi connectivity index (χ1n) is 9.10. The Balaban J connectivity index is 1.75. The Morgan fingerprint density at radius 2 is 1.43 bits per heavy atom. The summed E-state index contributed by atoms with van der Waals surface area (Å²) >= 11 is 0. The maximum Gasteiger partial charge on any atom is 0.186 e. The van der Waals surface area contributed by atoms with E-state index in [1.165, 1.54) is 70.8 Å². The Bertz CT molecular complexity index is 352. The molecule has 0 aromatic carbocycles. The molecule has 3 aliphatic rings. The first-order valence-corrected chi connectivity index (χ1v) is 9.10. The van der Waals surface area contributed by atoms with E-state index in [1.54, 1.807) is 0 Å². The van der Waals surface area contributed by atoms with E-state index in [0.29, 0.717) is 12.1 Å². The lowest BCUT2D eigenvalue weighted by Gasteiger charge is -2.41. The standard InChI is InChI=1S/C17H32N4/c18-17(19)20-15-11-12-21(14-9-5-2-6-10-14)16(15)13-7-3-1-4-8-13/h13-16H,1-12H2,(H4,18,19,20). The zero-order valence-corrected chi connectivity index (χ0v) is 13.3. The van der Waals surface area contributed by atoms with Crippen LogP contribution in [0.2, 0.25) is 0 Å². The Kier molecular flexibility index (Phi) is 5.04. The monoisotopic (exact) mass is 292 g/mol. The van der Waals surface area contributed by atoms with Gasteiger partial charge in [0.1, 0.15) is 0 Å². The minimum Gasteiger partial charge on any atom is -0.370 e. The highest BCUT2D eigenvalue weighted by Crippen LogP contribution is 2.39. The van der Waals surface area contributed by atoms with Crippen molar-refractivity contribution in [2.24, 2.45) is 22.4 Å². The first kappa shape index (κ1) is 15.1. The van der Waals surface area contributed by atoms with Crippen molar-refractivity contribution < 1.29 is 0 Å². The second-order valence-corrected chi connectivity index (χ2v) is 7.33. The van der Waals surface area contributed by atoms with Crippen LogP contribution in [0.5, 0.6) is 0 Å². The molecule has 0 aromatic rings. The van der Waals surface area contributed by atoms with Gasteiger partial charge in [0.05, 0.1) is 6.04 Å². The number of hydrogen-bond donors (Lipinski definition) is 2. The molecule has 2 aliphatic carbocycles. The SMILES string of the molecule is NC(N)=NC1CCN(C2CCCCC2)C1C1CCCCC1. The van der Waals surface area contributed by atoms with E-state index in [4.69, 9.17) is 11.5 Å². The molecule has 2 unspecified atom stereocenters. The van der Waals surface area contributed by atoms with Crippen LogP contribution in [-0.2, 0) is 0 Å².